The van der Waals surface area contributed by atoms with Gasteiger partial charge >= 0.3 is 0 Å². The third-order valence-electron chi connectivity index (χ3n) is 7.04. The summed E-state index contributed by atoms with van der Waals surface area (Å²) in [6.45, 7) is 8.81. The minimum absolute atomic E-state index is 0.358. The van der Waals surface area contributed by atoms with Gasteiger partial charge in [0.05, 0.1) is 0 Å². The Hall–Kier alpha value is -1.30. The number of hydrogen-bond acceptors (Lipinski definition) is 5. The molecule has 0 bridgehead atoms. The Bertz CT molecular complexity index is 638. The van der Waals surface area contributed by atoms with Crippen molar-refractivity contribution >= 4 is 0 Å². The van der Waals surface area contributed by atoms with Crippen molar-refractivity contribution in [2.45, 2.75) is 57.2 Å². The third kappa shape index (κ3) is 3.96. The van der Waals surface area contributed by atoms with E-state index >= 15 is 0 Å². The normalized spacial score (nSPS) is 28.1. The van der Waals surface area contributed by atoms with E-state index in [1.807, 2.05) is 6.07 Å². The lowest BCUT2D eigenvalue weighted by Crippen LogP contribution is -2.55. The van der Waals surface area contributed by atoms with Gasteiger partial charge in [0.1, 0.15) is 0 Å². The van der Waals surface area contributed by atoms with Gasteiger partial charge < -0.3 is 9.47 Å². The van der Waals surface area contributed by atoms with Crippen molar-refractivity contribution in [1.82, 2.24) is 14.7 Å². The van der Waals surface area contributed by atoms with E-state index in [1.54, 1.807) is 0 Å². The molecule has 4 aliphatic rings. The second kappa shape index (κ2) is 7.98. The van der Waals surface area contributed by atoms with E-state index in [4.69, 9.17) is 9.47 Å². The van der Waals surface area contributed by atoms with Crippen LogP contribution in [0.5, 0.6) is 11.5 Å². The van der Waals surface area contributed by atoms with E-state index in [9.17, 15) is 0 Å². The predicted octanol–water partition coefficient (Wildman–Crippen LogP) is 2.94. The zero-order valence-corrected chi connectivity index (χ0v) is 16.4. The monoisotopic (exact) mass is 371 g/mol. The van der Waals surface area contributed by atoms with Gasteiger partial charge in [0.25, 0.3) is 0 Å². The van der Waals surface area contributed by atoms with Crippen molar-refractivity contribution in [1.29, 1.82) is 0 Å². The van der Waals surface area contributed by atoms with Crippen LogP contribution in [0.4, 0.5) is 0 Å². The number of ether oxygens (including phenoxy) is 2. The highest BCUT2D eigenvalue weighted by Gasteiger charge is 2.32. The van der Waals surface area contributed by atoms with Gasteiger partial charge in [-0.2, -0.15) is 0 Å². The lowest BCUT2D eigenvalue weighted by Gasteiger charge is -2.45. The molecule has 1 atom stereocenters. The zero-order chi connectivity index (χ0) is 18.1. The molecule has 0 spiro atoms. The van der Waals surface area contributed by atoms with Crippen molar-refractivity contribution in [3.05, 3.63) is 23.8 Å². The standard InChI is InChI=1S/C22H33N3O2/c1-2-5-19(4-1)25-9-3-6-20(16-25)24-12-10-23(11-13-24)15-18-7-8-21-22(14-18)27-17-26-21/h7-8,14,19-20H,1-6,9-13,15-17H2/t20-/m1/s1. The highest BCUT2D eigenvalue weighted by molar-refractivity contribution is 5.44. The first-order valence-electron chi connectivity index (χ1n) is 10.9. The fourth-order valence-electron chi connectivity index (χ4n) is 5.47. The molecule has 3 heterocycles. The number of rotatable bonds is 4. The van der Waals surface area contributed by atoms with Crippen LogP contribution in [-0.4, -0.2) is 72.8 Å². The van der Waals surface area contributed by atoms with Gasteiger partial charge in [-0.3, -0.25) is 14.7 Å². The van der Waals surface area contributed by atoms with Gasteiger partial charge in [-0.05, 0) is 49.9 Å². The molecular formula is C22H33N3O2. The van der Waals surface area contributed by atoms with Gasteiger partial charge in [-0.1, -0.05) is 18.9 Å². The maximum atomic E-state index is 5.52. The summed E-state index contributed by atoms with van der Waals surface area (Å²) in [7, 11) is 0. The smallest absolute Gasteiger partial charge is 0.231 e. The lowest BCUT2D eigenvalue weighted by molar-refractivity contribution is 0.0368. The maximum Gasteiger partial charge on any atom is 0.231 e. The van der Waals surface area contributed by atoms with E-state index < -0.39 is 0 Å². The summed E-state index contributed by atoms with van der Waals surface area (Å²) in [4.78, 5) is 8.18. The van der Waals surface area contributed by atoms with Crippen LogP contribution in [-0.2, 0) is 6.54 Å². The molecule has 148 valence electrons. The molecule has 1 saturated carbocycles. The molecule has 3 aliphatic heterocycles. The van der Waals surface area contributed by atoms with Crippen molar-refractivity contribution in [2.24, 2.45) is 0 Å². The second-order valence-electron chi connectivity index (χ2n) is 8.73. The molecule has 2 saturated heterocycles. The summed E-state index contributed by atoms with van der Waals surface area (Å²) < 4.78 is 10.9. The number of fused-ring (bicyclic) bond motifs is 1. The summed E-state index contributed by atoms with van der Waals surface area (Å²) in [5, 5.41) is 0. The Labute approximate surface area is 163 Å². The van der Waals surface area contributed by atoms with Crippen LogP contribution in [0.3, 0.4) is 0 Å². The predicted molar refractivity (Wildman–Crippen MR) is 106 cm³/mol. The molecule has 0 N–H and O–H groups in total. The molecule has 0 unspecified atom stereocenters. The minimum Gasteiger partial charge on any atom is -0.454 e. The second-order valence-corrected chi connectivity index (χ2v) is 8.73. The van der Waals surface area contributed by atoms with E-state index in [0.29, 0.717) is 6.79 Å². The molecule has 0 amide bonds. The average molecular weight is 372 g/mol. The molecule has 1 aliphatic carbocycles. The van der Waals surface area contributed by atoms with Crippen LogP contribution >= 0.6 is 0 Å². The molecule has 5 nitrogen and oxygen atoms in total. The summed E-state index contributed by atoms with van der Waals surface area (Å²) >= 11 is 0. The first kappa shape index (κ1) is 17.8. The van der Waals surface area contributed by atoms with Crippen molar-refractivity contribution < 1.29 is 9.47 Å². The van der Waals surface area contributed by atoms with Crippen molar-refractivity contribution in [2.75, 3.05) is 46.1 Å². The number of piperidine rings is 1. The quantitative estimate of drug-likeness (QED) is 0.811. The largest absolute Gasteiger partial charge is 0.454 e. The first-order valence-corrected chi connectivity index (χ1v) is 10.9. The summed E-state index contributed by atoms with van der Waals surface area (Å²) in [5.74, 6) is 1.79. The Morgan fingerprint density at radius 3 is 2.41 bits per heavy atom. The summed E-state index contributed by atoms with van der Waals surface area (Å²) in [6.07, 6.45) is 8.56. The highest BCUT2D eigenvalue weighted by atomic mass is 16.7. The van der Waals surface area contributed by atoms with Crippen LogP contribution in [0.2, 0.25) is 0 Å². The number of benzene rings is 1. The first-order chi connectivity index (χ1) is 13.3. The van der Waals surface area contributed by atoms with Gasteiger partial charge in [-0.15, -0.1) is 0 Å². The van der Waals surface area contributed by atoms with E-state index in [1.165, 1.54) is 83.4 Å². The molecule has 1 aromatic rings. The molecule has 27 heavy (non-hydrogen) atoms. The van der Waals surface area contributed by atoms with Crippen LogP contribution < -0.4 is 9.47 Å². The number of likely N-dealkylation sites (tertiary alicyclic amines) is 1. The summed E-state index contributed by atoms with van der Waals surface area (Å²) in [6, 6.07) is 8.05. The maximum absolute atomic E-state index is 5.52. The SMILES string of the molecule is c1cc2c(cc1CN1CCN([C@@H]3CCCN(C4CCCC4)C3)CC1)OCO2. The number of piperazine rings is 1. The van der Waals surface area contributed by atoms with Crippen LogP contribution in [0.1, 0.15) is 44.1 Å². The molecule has 3 fully saturated rings. The number of hydrogen-bond donors (Lipinski definition) is 0. The molecule has 5 heteroatoms. The van der Waals surface area contributed by atoms with Gasteiger partial charge in [-0.25, -0.2) is 0 Å². The fraction of sp³-hybridized carbons (Fsp3) is 0.727. The van der Waals surface area contributed by atoms with Crippen LogP contribution in [0, 0.1) is 0 Å². The lowest BCUT2D eigenvalue weighted by atomic mass is 10.0. The molecule has 5 rings (SSSR count). The van der Waals surface area contributed by atoms with E-state index in [-0.39, 0.29) is 0 Å². The number of nitrogens with zero attached hydrogens (tertiary/aromatic N) is 3. The van der Waals surface area contributed by atoms with Gasteiger partial charge in [0, 0.05) is 51.4 Å². The van der Waals surface area contributed by atoms with Crippen LogP contribution in [0.15, 0.2) is 18.2 Å². The van der Waals surface area contributed by atoms with Gasteiger partial charge in [0.2, 0.25) is 6.79 Å². The Kier molecular flexibility index (Phi) is 5.25. The van der Waals surface area contributed by atoms with Crippen molar-refractivity contribution in [3.8, 4) is 11.5 Å². The third-order valence-corrected chi connectivity index (χ3v) is 7.04. The molecular weight excluding hydrogens is 338 g/mol. The molecule has 0 aromatic heterocycles. The van der Waals surface area contributed by atoms with Gasteiger partial charge in [0.15, 0.2) is 11.5 Å². The Morgan fingerprint density at radius 2 is 1.56 bits per heavy atom. The van der Waals surface area contributed by atoms with Crippen LogP contribution in [0.25, 0.3) is 0 Å². The van der Waals surface area contributed by atoms with Crippen molar-refractivity contribution in [3.63, 3.8) is 0 Å². The molecule has 0 radical (unpaired) electrons. The molecule has 1 aromatic carbocycles. The highest BCUT2D eigenvalue weighted by Crippen LogP contribution is 2.33. The van der Waals surface area contributed by atoms with E-state index in [2.05, 4.69) is 26.8 Å². The zero-order valence-electron chi connectivity index (χ0n) is 16.4. The topological polar surface area (TPSA) is 28.2 Å². The fourth-order valence-corrected chi connectivity index (χ4v) is 5.47. The van der Waals surface area contributed by atoms with E-state index in [0.717, 1.165) is 30.1 Å². The Morgan fingerprint density at radius 1 is 0.778 bits per heavy atom. The minimum atomic E-state index is 0.358. The Balaban J connectivity index is 1.12. The summed E-state index contributed by atoms with van der Waals surface area (Å²) in [5.41, 5.74) is 1.33. The average Bonchev–Trinajstić information content (AvgIpc) is 3.40.